The van der Waals surface area contributed by atoms with Crippen LogP contribution in [0.2, 0.25) is 0 Å². The Morgan fingerprint density at radius 1 is 0.579 bits per heavy atom. The average molecular weight is 612 g/mol. The SMILES string of the molecule is CC(=C(CCCO)C(=O)O)C(F)(F)C(F)(F)C(F)(F)C(F)(F)C(F)(F)C(F)(F)C(F)(C(F)(F)F)C(F)(F)F. The van der Waals surface area contributed by atoms with Crippen molar-refractivity contribution < 1.29 is 98.4 Å². The maximum atomic E-state index is 14.1. The molecule has 2 N–H and O–H groups in total. The van der Waals surface area contributed by atoms with Gasteiger partial charge in [0.2, 0.25) is 0 Å². The van der Waals surface area contributed by atoms with Gasteiger partial charge in [0.15, 0.2) is 0 Å². The molecule has 0 aliphatic heterocycles. The van der Waals surface area contributed by atoms with E-state index in [0.29, 0.717) is 0 Å². The topological polar surface area (TPSA) is 57.5 Å². The lowest BCUT2D eigenvalue weighted by Gasteiger charge is -2.45. The van der Waals surface area contributed by atoms with Gasteiger partial charge in [-0.2, -0.15) is 79.0 Å². The van der Waals surface area contributed by atoms with Crippen molar-refractivity contribution in [3.8, 4) is 0 Å². The molecule has 0 bridgehead atoms. The minimum Gasteiger partial charge on any atom is -0.478 e. The van der Waals surface area contributed by atoms with E-state index in [1.54, 1.807) is 0 Å². The molecule has 0 heterocycles. The van der Waals surface area contributed by atoms with E-state index < -0.39 is 97.0 Å². The lowest BCUT2D eigenvalue weighted by molar-refractivity contribution is -0.471. The number of halogens is 19. The van der Waals surface area contributed by atoms with Gasteiger partial charge < -0.3 is 10.2 Å². The second-order valence-corrected chi connectivity index (χ2v) is 7.34. The second kappa shape index (κ2) is 9.79. The van der Waals surface area contributed by atoms with Gasteiger partial charge in [0, 0.05) is 17.8 Å². The molecule has 0 aliphatic rings. The number of aliphatic carboxylic acids is 1. The van der Waals surface area contributed by atoms with Crippen molar-refractivity contribution in [2.75, 3.05) is 6.61 Å². The van der Waals surface area contributed by atoms with Crippen molar-refractivity contribution in [3.63, 3.8) is 0 Å². The molecule has 0 radical (unpaired) electrons. The van der Waals surface area contributed by atoms with Crippen LogP contribution < -0.4 is 0 Å². The van der Waals surface area contributed by atoms with Crippen molar-refractivity contribution in [3.05, 3.63) is 11.1 Å². The number of hydrogen-bond donors (Lipinski definition) is 2. The quantitative estimate of drug-likeness (QED) is 0.199. The number of aliphatic hydroxyl groups excluding tert-OH is 1. The Labute approximate surface area is 196 Å². The number of hydrogen-bond acceptors (Lipinski definition) is 2. The molecule has 0 spiro atoms. The van der Waals surface area contributed by atoms with Gasteiger partial charge in [-0.25, -0.2) is 9.18 Å². The molecule has 0 saturated carbocycles. The zero-order valence-electron chi connectivity index (χ0n) is 17.6. The van der Waals surface area contributed by atoms with Gasteiger partial charge in [0.25, 0.3) is 0 Å². The number of aliphatic hydroxyl groups is 1. The normalized spacial score (nSPS) is 16.4. The molecule has 0 aromatic rings. The summed E-state index contributed by atoms with van der Waals surface area (Å²) in [5.41, 5.74) is -13.7. The fraction of sp³-hybridized carbons (Fsp3) is 0.812. The first kappa shape index (κ1) is 35.8. The van der Waals surface area contributed by atoms with Crippen molar-refractivity contribution in [1.29, 1.82) is 0 Å². The summed E-state index contributed by atoms with van der Waals surface area (Å²) in [6.07, 6.45) is -19.1. The lowest BCUT2D eigenvalue weighted by Crippen LogP contribution is -2.77. The summed E-state index contributed by atoms with van der Waals surface area (Å²) in [7, 11) is 0. The Balaban J connectivity index is 7.34. The van der Waals surface area contributed by atoms with E-state index >= 15 is 0 Å². The molecule has 0 aliphatic carbocycles. The highest BCUT2D eigenvalue weighted by Crippen LogP contribution is 2.66. The largest absolute Gasteiger partial charge is 0.478 e. The molecule has 0 rings (SSSR count). The number of carboxylic acids is 1. The molecular weight excluding hydrogens is 601 g/mol. The van der Waals surface area contributed by atoms with E-state index in [1.165, 1.54) is 0 Å². The molecule has 0 unspecified atom stereocenters. The van der Waals surface area contributed by atoms with Gasteiger partial charge in [0.05, 0.1) is 0 Å². The Morgan fingerprint density at radius 3 is 1.18 bits per heavy atom. The predicted octanol–water partition coefficient (Wildman–Crippen LogP) is 6.80. The van der Waals surface area contributed by atoms with E-state index in [0.717, 1.165) is 0 Å². The summed E-state index contributed by atoms with van der Waals surface area (Å²) in [6, 6.07) is 0. The molecule has 38 heavy (non-hydrogen) atoms. The Bertz CT molecular complexity index is 898. The fourth-order valence-electron chi connectivity index (χ4n) is 2.66. The highest BCUT2D eigenvalue weighted by atomic mass is 19.4. The van der Waals surface area contributed by atoms with Crippen LogP contribution in [0.5, 0.6) is 0 Å². The monoisotopic (exact) mass is 612 g/mol. The summed E-state index contributed by atoms with van der Waals surface area (Å²) in [5.74, 6) is -54.0. The fourth-order valence-corrected chi connectivity index (χ4v) is 2.66. The number of allylic oxidation sites excluding steroid dienone is 1. The smallest absolute Gasteiger partial charge is 0.438 e. The Morgan fingerprint density at radius 2 is 0.895 bits per heavy atom. The predicted molar refractivity (Wildman–Crippen MR) is 82.3 cm³/mol. The highest BCUT2D eigenvalue weighted by Gasteiger charge is 2.98. The standard InChI is InChI=1S/C16H11F19O3/c1-5(6(7(37)38)3-2-4-36)8(17,18)10(20,21)12(24,25)14(28,29)13(26,27)11(22,23)9(19,15(30,31)32)16(33,34)35/h36H,2-4H2,1H3,(H,37,38). The zero-order valence-corrected chi connectivity index (χ0v) is 17.6. The minimum atomic E-state index is -9.15. The van der Waals surface area contributed by atoms with E-state index in [4.69, 9.17) is 10.2 Å². The van der Waals surface area contributed by atoms with Gasteiger partial charge in [-0.15, -0.1) is 0 Å². The van der Waals surface area contributed by atoms with Crippen LogP contribution in [0.4, 0.5) is 83.4 Å². The molecule has 22 heteroatoms. The van der Waals surface area contributed by atoms with Crippen LogP contribution in [0.15, 0.2) is 11.1 Å². The molecule has 226 valence electrons. The molecule has 0 aromatic heterocycles. The summed E-state index contributed by atoms with van der Waals surface area (Å²) < 4.78 is 254. The zero-order chi connectivity index (χ0) is 31.4. The van der Waals surface area contributed by atoms with Gasteiger partial charge in [-0.3, -0.25) is 0 Å². The maximum Gasteiger partial charge on any atom is 0.438 e. The van der Waals surface area contributed by atoms with Crippen molar-refractivity contribution in [2.24, 2.45) is 0 Å². The second-order valence-electron chi connectivity index (χ2n) is 7.34. The third-order valence-corrected chi connectivity index (χ3v) is 4.95. The molecule has 0 saturated heterocycles. The van der Waals surface area contributed by atoms with E-state index in [-0.39, 0.29) is 0 Å². The summed E-state index contributed by atoms with van der Waals surface area (Å²) in [6.45, 7) is -1.61. The Kier molecular flexibility index (Phi) is 9.23. The van der Waals surface area contributed by atoms with Gasteiger partial charge >= 0.3 is 59.5 Å². The van der Waals surface area contributed by atoms with Crippen LogP contribution in [-0.2, 0) is 4.79 Å². The lowest BCUT2D eigenvalue weighted by atomic mass is 9.82. The van der Waals surface area contributed by atoms with Crippen LogP contribution in [0.1, 0.15) is 19.8 Å². The first-order valence-electron chi connectivity index (χ1n) is 8.94. The Hall–Kier alpha value is -2.16. The summed E-state index contributed by atoms with van der Waals surface area (Å²) in [4.78, 5) is 10.9. The maximum absolute atomic E-state index is 14.1. The summed E-state index contributed by atoms with van der Waals surface area (Å²) in [5, 5.41) is 17.2. The van der Waals surface area contributed by atoms with Gasteiger partial charge in [-0.1, -0.05) is 0 Å². The highest BCUT2D eigenvalue weighted by molar-refractivity contribution is 5.87. The van der Waals surface area contributed by atoms with Crippen molar-refractivity contribution in [1.82, 2.24) is 0 Å². The number of carbonyl (C=O) groups is 1. The van der Waals surface area contributed by atoms with Crippen LogP contribution in [0.3, 0.4) is 0 Å². The number of alkyl halides is 19. The summed E-state index contributed by atoms with van der Waals surface area (Å²) >= 11 is 0. The van der Waals surface area contributed by atoms with E-state index in [2.05, 4.69) is 0 Å². The third-order valence-electron chi connectivity index (χ3n) is 4.95. The average Bonchev–Trinajstić information content (AvgIpc) is 2.70. The van der Waals surface area contributed by atoms with E-state index in [1.807, 2.05) is 0 Å². The van der Waals surface area contributed by atoms with Gasteiger partial charge in [-0.05, 0) is 19.8 Å². The molecular formula is C16H11F19O3. The van der Waals surface area contributed by atoms with Crippen molar-refractivity contribution in [2.45, 2.75) is 73.3 Å². The first-order chi connectivity index (χ1) is 16.3. The number of carboxylic acid groups (broad SMARTS) is 1. The molecule has 0 fully saturated rings. The molecule has 3 nitrogen and oxygen atoms in total. The molecule has 0 atom stereocenters. The number of rotatable bonds is 11. The van der Waals surface area contributed by atoms with E-state index in [9.17, 15) is 88.2 Å². The van der Waals surface area contributed by atoms with Crippen LogP contribution in [0.25, 0.3) is 0 Å². The van der Waals surface area contributed by atoms with Gasteiger partial charge in [0.1, 0.15) is 0 Å². The minimum absolute atomic E-state index is 0.504. The molecule has 0 amide bonds. The van der Waals surface area contributed by atoms with Crippen LogP contribution in [-0.4, -0.2) is 76.3 Å². The molecule has 0 aromatic carbocycles. The van der Waals surface area contributed by atoms with Crippen LogP contribution in [0, 0.1) is 0 Å². The van der Waals surface area contributed by atoms with Crippen LogP contribution >= 0.6 is 0 Å². The first-order valence-corrected chi connectivity index (χ1v) is 8.94. The third kappa shape index (κ3) is 4.73. The van der Waals surface area contributed by atoms with Crippen molar-refractivity contribution >= 4 is 5.97 Å².